The standard InChI is InChI=1S/C21H16N2.C16H36N.C13H10N2.H2O/c1-4-10-16(11-5-1)19-20(17-12-6-2-7-13-17)23-21(22-19)18-14-8-3-9-15-18;1-5-9-13-17(14-10-6-2,15-11-7-3)16-12-8-4;1-2-6-10(7-3-1)13-14-11-8-4-5-9-12(11)15-13;/h1-15H,(H,22,23);5-16H2,1-4H3;1-9H,(H,14,15);1H2/q;+1;;/p-1. The van der Waals surface area contributed by atoms with Gasteiger partial charge < -0.3 is 19.9 Å². The van der Waals surface area contributed by atoms with Gasteiger partial charge in [0.05, 0.1) is 48.6 Å². The molecule has 56 heavy (non-hydrogen) atoms. The number of benzene rings is 5. The minimum absolute atomic E-state index is 0. The Bertz CT molecular complexity index is 1930. The second kappa shape index (κ2) is 23.6. The van der Waals surface area contributed by atoms with Crippen molar-refractivity contribution in [1.82, 2.24) is 19.9 Å². The van der Waals surface area contributed by atoms with Gasteiger partial charge in [-0.15, -0.1) is 0 Å². The summed E-state index contributed by atoms with van der Waals surface area (Å²) in [6, 6.07) is 49.1. The maximum absolute atomic E-state index is 4.87. The summed E-state index contributed by atoms with van der Waals surface area (Å²) in [6.07, 6.45) is 11.1. The molecule has 294 valence electrons. The Morgan fingerprint density at radius 2 is 0.786 bits per heavy atom. The third-order valence-corrected chi connectivity index (χ3v) is 10.2. The summed E-state index contributed by atoms with van der Waals surface area (Å²) in [5, 5.41) is 0. The van der Waals surface area contributed by atoms with Crippen LogP contribution in [0.5, 0.6) is 0 Å². The van der Waals surface area contributed by atoms with E-state index in [2.05, 4.69) is 91.2 Å². The van der Waals surface area contributed by atoms with Gasteiger partial charge in [-0.1, -0.05) is 187 Å². The Labute approximate surface area is 336 Å². The molecular weight excluding hydrogens is 687 g/mol. The molecule has 0 aliphatic heterocycles. The number of fused-ring (bicyclic) bond motifs is 1. The molecule has 7 aromatic rings. The van der Waals surface area contributed by atoms with Gasteiger partial charge in [-0.2, -0.15) is 0 Å². The first-order valence-electron chi connectivity index (χ1n) is 20.7. The van der Waals surface area contributed by atoms with E-state index >= 15 is 0 Å². The summed E-state index contributed by atoms with van der Waals surface area (Å²) in [4.78, 5) is 16.2. The lowest BCUT2D eigenvalue weighted by Crippen LogP contribution is -2.50. The average Bonchev–Trinajstić information content (AvgIpc) is 3.91. The van der Waals surface area contributed by atoms with Crippen LogP contribution in [0.4, 0.5) is 0 Å². The Morgan fingerprint density at radius 1 is 0.411 bits per heavy atom. The van der Waals surface area contributed by atoms with E-state index in [4.69, 9.17) is 4.98 Å². The number of nitrogens with one attached hydrogen (secondary N) is 2. The van der Waals surface area contributed by atoms with Gasteiger partial charge in [-0.05, 0) is 37.8 Å². The van der Waals surface area contributed by atoms with E-state index in [1.165, 1.54) is 82.0 Å². The molecule has 0 fully saturated rings. The van der Waals surface area contributed by atoms with Crippen molar-refractivity contribution in [3.8, 4) is 45.3 Å². The molecule has 0 unspecified atom stereocenters. The molecule has 0 amide bonds. The van der Waals surface area contributed by atoms with Crippen molar-refractivity contribution in [2.24, 2.45) is 0 Å². The molecule has 0 atom stereocenters. The third kappa shape index (κ3) is 12.6. The fourth-order valence-electron chi connectivity index (χ4n) is 7.06. The highest BCUT2D eigenvalue weighted by molar-refractivity contribution is 5.81. The highest BCUT2D eigenvalue weighted by Crippen LogP contribution is 2.32. The Balaban J connectivity index is 0.000000190. The molecule has 5 aromatic carbocycles. The number of quaternary nitrogens is 1. The van der Waals surface area contributed by atoms with E-state index in [1.807, 2.05) is 97.1 Å². The van der Waals surface area contributed by atoms with Crippen LogP contribution in [-0.2, 0) is 0 Å². The highest BCUT2D eigenvalue weighted by atomic mass is 16.0. The molecular formula is C50H63N5O. The van der Waals surface area contributed by atoms with Gasteiger partial charge in [0.2, 0.25) is 0 Å². The van der Waals surface area contributed by atoms with Gasteiger partial charge in [0.15, 0.2) is 0 Å². The van der Waals surface area contributed by atoms with E-state index in [0.29, 0.717) is 0 Å². The lowest BCUT2D eigenvalue weighted by molar-refractivity contribution is -0.929. The smallest absolute Gasteiger partial charge is 0.138 e. The fourth-order valence-corrected chi connectivity index (χ4v) is 7.06. The van der Waals surface area contributed by atoms with Crippen LogP contribution in [-0.4, -0.2) is 56.1 Å². The summed E-state index contributed by atoms with van der Waals surface area (Å²) in [6.45, 7) is 15.0. The lowest BCUT2D eigenvalue weighted by Gasteiger charge is -2.39. The number of aromatic nitrogens is 4. The van der Waals surface area contributed by atoms with Crippen LogP contribution < -0.4 is 0 Å². The Hall–Kier alpha value is -5.30. The second-order valence-electron chi connectivity index (χ2n) is 14.5. The van der Waals surface area contributed by atoms with Crippen LogP contribution in [0.25, 0.3) is 56.3 Å². The van der Waals surface area contributed by atoms with Crippen molar-refractivity contribution < 1.29 is 9.96 Å². The number of para-hydroxylation sites is 2. The summed E-state index contributed by atoms with van der Waals surface area (Å²) in [7, 11) is 0. The zero-order valence-corrected chi connectivity index (χ0v) is 34.1. The number of hydrogen-bond donors (Lipinski definition) is 2. The van der Waals surface area contributed by atoms with Gasteiger partial charge >= 0.3 is 0 Å². The predicted octanol–water partition coefficient (Wildman–Crippen LogP) is 13.5. The average molecular weight is 750 g/mol. The van der Waals surface area contributed by atoms with Crippen LogP contribution in [0.1, 0.15) is 79.1 Å². The van der Waals surface area contributed by atoms with Crippen molar-refractivity contribution >= 4 is 11.0 Å². The summed E-state index contributed by atoms with van der Waals surface area (Å²) < 4.78 is 1.42. The number of aromatic amines is 2. The molecule has 0 saturated carbocycles. The second-order valence-corrected chi connectivity index (χ2v) is 14.5. The molecule has 0 spiro atoms. The Kier molecular flexibility index (Phi) is 18.3. The zero-order valence-electron chi connectivity index (χ0n) is 34.1. The van der Waals surface area contributed by atoms with Crippen molar-refractivity contribution in [3.05, 3.63) is 146 Å². The number of rotatable bonds is 16. The van der Waals surface area contributed by atoms with Crippen LogP contribution in [0, 0.1) is 0 Å². The van der Waals surface area contributed by atoms with Crippen LogP contribution >= 0.6 is 0 Å². The van der Waals surface area contributed by atoms with Crippen molar-refractivity contribution in [2.75, 3.05) is 26.2 Å². The third-order valence-electron chi connectivity index (χ3n) is 10.2. The summed E-state index contributed by atoms with van der Waals surface area (Å²) >= 11 is 0. The normalized spacial score (nSPS) is 10.9. The van der Waals surface area contributed by atoms with E-state index in [9.17, 15) is 0 Å². The molecule has 0 aliphatic rings. The minimum Gasteiger partial charge on any atom is -0.870 e. The summed E-state index contributed by atoms with van der Waals surface area (Å²) in [5.74, 6) is 1.82. The maximum atomic E-state index is 4.87. The number of imidazole rings is 2. The van der Waals surface area contributed by atoms with E-state index < -0.39 is 0 Å². The molecule has 2 aromatic heterocycles. The molecule has 0 aliphatic carbocycles. The monoisotopic (exact) mass is 750 g/mol. The lowest BCUT2D eigenvalue weighted by atomic mass is 10.1. The first-order valence-corrected chi connectivity index (χ1v) is 20.7. The van der Waals surface area contributed by atoms with Crippen LogP contribution in [0.15, 0.2) is 146 Å². The molecule has 3 N–H and O–H groups in total. The fraction of sp³-hybridized carbons (Fsp3) is 0.320. The Morgan fingerprint density at radius 3 is 1.21 bits per heavy atom. The topological polar surface area (TPSA) is 87.4 Å². The van der Waals surface area contributed by atoms with Gasteiger partial charge in [-0.25, -0.2) is 9.97 Å². The van der Waals surface area contributed by atoms with Crippen LogP contribution in [0.2, 0.25) is 0 Å². The van der Waals surface area contributed by atoms with E-state index in [1.54, 1.807) is 0 Å². The minimum atomic E-state index is 0. The van der Waals surface area contributed by atoms with Crippen molar-refractivity contribution in [3.63, 3.8) is 0 Å². The predicted molar refractivity (Wildman–Crippen MR) is 238 cm³/mol. The first kappa shape index (κ1) is 43.4. The molecule has 2 heterocycles. The zero-order chi connectivity index (χ0) is 38.6. The molecule has 0 bridgehead atoms. The van der Waals surface area contributed by atoms with Gasteiger partial charge in [0.1, 0.15) is 11.6 Å². The van der Waals surface area contributed by atoms with Gasteiger partial charge in [-0.3, -0.25) is 0 Å². The molecule has 0 saturated heterocycles. The number of H-pyrrole nitrogens is 2. The molecule has 6 heteroatoms. The number of nitrogens with zero attached hydrogens (tertiary/aromatic N) is 3. The summed E-state index contributed by atoms with van der Waals surface area (Å²) in [5.41, 5.74) is 8.59. The van der Waals surface area contributed by atoms with E-state index in [0.717, 1.165) is 56.3 Å². The first-order chi connectivity index (χ1) is 27.1. The molecule has 7 rings (SSSR count). The van der Waals surface area contributed by atoms with Crippen molar-refractivity contribution in [1.29, 1.82) is 0 Å². The van der Waals surface area contributed by atoms with Crippen LogP contribution in [0.3, 0.4) is 0 Å². The highest BCUT2D eigenvalue weighted by Gasteiger charge is 2.24. The molecule has 6 nitrogen and oxygen atoms in total. The van der Waals surface area contributed by atoms with Gasteiger partial charge in [0, 0.05) is 22.3 Å². The number of hydrogen-bond acceptors (Lipinski definition) is 3. The quantitative estimate of drug-likeness (QED) is 0.0964. The van der Waals surface area contributed by atoms with Gasteiger partial charge in [0.25, 0.3) is 0 Å². The maximum Gasteiger partial charge on any atom is 0.138 e. The number of unbranched alkanes of at least 4 members (excludes halogenated alkanes) is 4. The molecule has 0 radical (unpaired) electrons. The van der Waals surface area contributed by atoms with Crippen molar-refractivity contribution in [2.45, 2.75) is 79.1 Å². The van der Waals surface area contributed by atoms with E-state index in [-0.39, 0.29) is 5.48 Å². The SMILES string of the molecule is CCCC[N+](CCCC)(CCCC)CCCC.[OH-].c1ccc(-c2nc(-c3ccccc3)c(-c3ccccc3)[nH]2)cc1.c1ccc(-c2nc3ccccc3[nH]2)cc1. The largest absolute Gasteiger partial charge is 0.870 e.